The number of hydrogen-bond donors (Lipinski definition) is 1. The zero-order valence-electron chi connectivity index (χ0n) is 18.0. The van der Waals surface area contributed by atoms with E-state index in [0.29, 0.717) is 18.5 Å². The van der Waals surface area contributed by atoms with Gasteiger partial charge in [0.15, 0.2) is 0 Å². The van der Waals surface area contributed by atoms with Crippen LogP contribution in [0.2, 0.25) is 0 Å². The third-order valence-electron chi connectivity index (χ3n) is 7.11. The Morgan fingerprint density at radius 1 is 0.929 bits per heavy atom. The lowest BCUT2D eigenvalue weighted by Gasteiger charge is -2.39. The summed E-state index contributed by atoms with van der Waals surface area (Å²) in [5, 5.41) is 3.19. The molecule has 2 unspecified atom stereocenters. The second-order valence-electron chi connectivity index (χ2n) is 9.17. The second-order valence-corrected chi connectivity index (χ2v) is 9.17. The molecule has 1 saturated carbocycles. The van der Waals surface area contributed by atoms with Crippen LogP contribution in [-0.2, 0) is 9.59 Å². The fourth-order valence-electron chi connectivity index (χ4n) is 5.01. The van der Waals surface area contributed by atoms with Crippen LogP contribution < -0.4 is 5.32 Å². The minimum atomic E-state index is -0.0800. The first-order valence-corrected chi connectivity index (χ1v) is 11.6. The number of piperidine rings is 1. The number of nitrogens with zero attached hydrogens (tertiary/aromatic N) is 3. The summed E-state index contributed by atoms with van der Waals surface area (Å²) >= 11 is 0. The molecule has 6 nitrogen and oxygen atoms in total. The van der Waals surface area contributed by atoms with Gasteiger partial charge in [-0.15, -0.1) is 0 Å². The molecule has 0 radical (unpaired) electrons. The van der Waals surface area contributed by atoms with E-state index in [1.165, 1.54) is 38.5 Å². The summed E-state index contributed by atoms with van der Waals surface area (Å²) in [5.74, 6) is 1.11. The largest absolute Gasteiger partial charge is 0.354 e. The quantitative estimate of drug-likeness (QED) is 0.752. The zero-order valence-corrected chi connectivity index (χ0v) is 18.0. The van der Waals surface area contributed by atoms with Gasteiger partial charge in [-0.25, -0.2) is 0 Å². The Balaban J connectivity index is 1.36. The average Bonchev–Trinajstić information content (AvgIpc) is 2.73. The molecule has 0 bridgehead atoms. The first kappa shape index (κ1) is 21.6. The monoisotopic (exact) mass is 392 g/mol. The highest BCUT2D eigenvalue weighted by Crippen LogP contribution is 2.23. The summed E-state index contributed by atoms with van der Waals surface area (Å²) in [6.45, 7) is 9.93. The van der Waals surface area contributed by atoms with Gasteiger partial charge in [-0.2, -0.15) is 0 Å². The molecule has 2 atom stereocenters. The molecule has 3 fully saturated rings. The van der Waals surface area contributed by atoms with Crippen molar-refractivity contribution in [2.24, 2.45) is 5.92 Å². The van der Waals surface area contributed by atoms with Crippen LogP contribution in [0.5, 0.6) is 0 Å². The Labute approximate surface area is 171 Å². The fourth-order valence-corrected chi connectivity index (χ4v) is 5.01. The van der Waals surface area contributed by atoms with Crippen molar-refractivity contribution in [3.8, 4) is 0 Å². The Hall–Kier alpha value is -1.14. The van der Waals surface area contributed by atoms with Gasteiger partial charge in [0.1, 0.15) is 0 Å². The highest BCUT2D eigenvalue weighted by molar-refractivity contribution is 5.81. The highest BCUT2D eigenvalue weighted by atomic mass is 16.2. The molecule has 0 aromatic rings. The maximum atomic E-state index is 12.6. The third kappa shape index (κ3) is 5.93. The number of rotatable bonds is 6. The maximum absolute atomic E-state index is 12.6. The summed E-state index contributed by atoms with van der Waals surface area (Å²) in [6, 6.07) is 0.305. The van der Waals surface area contributed by atoms with Gasteiger partial charge in [-0.1, -0.05) is 19.3 Å². The van der Waals surface area contributed by atoms with Gasteiger partial charge < -0.3 is 10.2 Å². The van der Waals surface area contributed by atoms with E-state index >= 15 is 0 Å². The number of nitrogens with one attached hydrogen (secondary N) is 1. The lowest BCUT2D eigenvalue weighted by molar-refractivity contribution is -0.136. The van der Waals surface area contributed by atoms with Gasteiger partial charge >= 0.3 is 0 Å². The van der Waals surface area contributed by atoms with Crippen molar-refractivity contribution in [2.75, 3.05) is 45.8 Å². The van der Waals surface area contributed by atoms with Crippen LogP contribution in [0.1, 0.15) is 65.2 Å². The minimum absolute atomic E-state index is 0.0800. The standard InChI is InChI=1S/C22H40N4O2/c1-18-8-6-7-11-26(18)21(27)17-24-12-14-25(15-13-24)19(2)22(28)23-16-20-9-4-3-5-10-20/h18-20H,3-17H2,1-2H3,(H,23,28). The first-order chi connectivity index (χ1) is 13.5. The number of piperazine rings is 1. The molecule has 2 aliphatic heterocycles. The number of carbonyl (C=O) groups is 2. The number of amides is 2. The Kier molecular flexibility index (Phi) is 8.15. The molecular weight excluding hydrogens is 352 g/mol. The molecule has 0 spiro atoms. The minimum Gasteiger partial charge on any atom is -0.354 e. The van der Waals surface area contributed by atoms with Crippen LogP contribution in [0.25, 0.3) is 0 Å². The van der Waals surface area contributed by atoms with Crippen molar-refractivity contribution in [1.82, 2.24) is 20.0 Å². The Morgan fingerprint density at radius 2 is 1.61 bits per heavy atom. The van der Waals surface area contributed by atoms with Gasteiger partial charge in [0.2, 0.25) is 11.8 Å². The van der Waals surface area contributed by atoms with E-state index in [4.69, 9.17) is 0 Å². The summed E-state index contributed by atoms with van der Waals surface area (Å²) < 4.78 is 0. The van der Waals surface area contributed by atoms with Gasteiger partial charge in [0.25, 0.3) is 0 Å². The Morgan fingerprint density at radius 3 is 2.29 bits per heavy atom. The van der Waals surface area contributed by atoms with Crippen LogP contribution in [-0.4, -0.2) is 84.4 Å². The lowest BCUT2D eigenvalue weighted by Crippen LogP contribution is -2.56. The molecule has 0 aromatic heterocycles. The topological polar surface area (TPSA) is 55.9 Å². The molecule has 2 saturated heterocycles. The van der Waals surface area contributed by atoms with E-state index in [-0.39, 0.29) is 17.9 Å². The number of carbonyl (C=O) groups excluding carboxylic acids is 2. The number of likely N-dealkylation sites (tertiary alicyclic amines) is 1. The van der Waals surface area contributed by atoms with Gasteiger partial charge in [-0.05, 0) is 51.9 Å². The van der Waals surface area contributed by atoms with E-state index < -0.39 is 0 Å². The van der Waals surface area contributed by atoms with Crippen molar-refractivity contribution in [1.29, 1.82) is 0 Å². The predicted molar refractivity (Wildman–Crippen MR) is 112 cm³/mol. The molecule has 6 heteroatoms. The molecule has 2 heterocycles. The first-order valence-electron chi connectivity index (χ1n) is 11.6. The van der Waals surface area contributed by atoms with E-state index in [1.54, 1.807) is 0 Å². The van der Waals surface area contributed by atoms with Crippen LogP contribution in [0, 0.1) is 5.92 Å². The molecule has 2 amide bonds. The SMILES string of the molecule is CC(C(=O)NCC1CCCCC1)N1CCN(CC(=O)N2CCCCC2C)CC1. The Bertz CT molecular complexity index is 513. The molecular formula is C22H40N4O2. The summed E-state index contributed by atoms with van der Waals surface area (Å²) in [4.78, 5) is 31.8. The molecule has 1 aliphatic carbocycles. The second kappa shape index (κ2) is 10.6. The maximum Gasteiger partial charge on any atom is 0.237 e. The summed E-state index contributed by atoms with van der Waals surface area (Å²) in [6.07, 6.45) is 10.0. The molecule has 0 aromatic carbocycles. The van der Waals surface area contributed by atoms with Gasteiger partial charge in [0, 0.05) is 45.3 Å². The predicted octanol–water partition coefficient (Wildman–Crippen LogP) is 2.09. The van der Waals surface area contributed by atoms with Crippen LogP contribution in [0.4, 0.5) is 0 Å². The van der Waals surface area contributed by atoms with Crippen LogP contribution in [0.15, 0.2) is 0 Å². The van der Waals surface area contributed by atoms with Crippen LogP contribution in [0.3, 0.4) is 0 Å². The van der Waals surface area contributed by atoms with E-state index in [9.17, 15) is 9.59 Å². The van der Waals surface area contributed by atoms with Crippen LogP contribution >= 0.6 is 0 Å². The average molecular weight is 393 g/mol. The van der Waals surface area contributed by atoms with Crippen molar-refractivity contribution < 1.29 is 9.59 Å². The van der Waals surface area contributed by atoms with Crippen molar-refractivity contribution in [3.63, 3.8) is 0 Å². The molecule has 1 N–H and O–H groups in total. The normalized spacial score (nSPS) is 26.8. The van der Waals surface area contributed by atoms with E-state index in [2.05, 4.69) is 26.9 Å². The molecule has 3 aliphatic rings. The molecule has 28 heavy (non-hydrogen) atoms. The van der Waals surface area contributed by atoms with Crippen molar-refractivity contribution in [2.45, 2.75) is 77.3 Å². The van der Waals surface area contributed by atoms with Gasteiger partial charge in [-0.3, -0.25) is 19.4 Å². The fraction of sp³-hybridized carbons (Fsp3) is 0.909. The highest BCUT2D eigenvalue weighted by Gasteiger charge is 2.29. The zero-order chi connectivity index (χ0) is 19.9. The van der Waals surface area contributed by atoms with E-state index in [0.717, 1.165) is 52.1 Å². The lowest BCUT2D eigenvalue weighted by atomic mass is 9.89. The molecule has 3 rings (SSSR count). The number of hydrogen-bond acceptors (Lipinski definition) is 4. The molecule has 160 valence electrons. The summed E-state index contributed by atoms with van der Waals surface area (Å²) in [5.41, 5.74) is 0. The van der Waals surface area contributed by atoms with E-state index in [1.807, 2.05) is 6.92 Å². The third-order valence-corrected chi connectivity index (χ3v) is 7.11. The van der Waals surface area contributed by atoms with Crippen molar-refractivity contribution in [3.05, 3.63) is 0 Å². The summed E-state index contributed by atoms with van der Waals surface area (Å²) in [7, 11) is 0. The van der Waals surface area contributed by atoms with Crippen molar-refractivity contribution >= 4 is 11.8 Å². The smallest absolute Gasteiger partial charge is 0.237 e. The van der Waals surface area contributed by atoms with Gasteiger partial charge in [0.05, 0.1) is 12.6 Å².